The Bertz CT molecular complexity index is 1090. The predicted molar refractivity (Wildman–Crippen MR) is 117 cm³/mol. The molecule has 160 valence electrons. The summed E-state index contributed by atoms with van der Waals surface area (Å²) < 4.78 is 7.54. The Morgan fingerprint density at radius 3 is 2.65 bits per heavy atom. The summed E-state index contributed by atoms with van der Waals surface area (Å²) in [5, 5.41) is 7.32. The van der Waals surface area contributed by atoms with Gasteiger partial charge in [-0.25, -0.2) is 0 Å². The van der Waals surface area contributed by atoms with Crippen molar-refractivity contribution >= 4 is 11.8 Å². The van der Waals surface area contributed by atoms with Crippen molar-refractivity contribution in [2.24, 2.45) is 0 Å². The van der Waals surface area contributed by atoms with Gasteiger partial charge in [-0.1, -0.05) is 30.3 Å². The Labute approximate surface area is 181 Å². The first-order valence-electron chi connectivity index (χ1n) is 10.4. The molecule has 31 heavy (non-hydrogen) atoms. The molecule has 7 nitrogen and oxygen atoms in total. The number of hydrogen-bond acceptors (Lipinski definition) is 4. The fourth-order valence-corrected chi connectivity index (χ4v) is 3.69. The number of aryl methyl sites for hydroxylation is 2. The number of nitrogens with one attached hydrogen (secondary N) is 1. The maximum absolute atomic E-state index is 12.9. The van der Waals surface area contributed by atoms with Gasteiger partial charge < -0.3 is 15.0 Å². The van der Waals surface area contributed by atoms with Crippen LogP contribution in [0.1, 0.15) is 32.9 Å². The monoisotopic (exact) mass is 418 g/mol. The molecule has 1 aliphatic heterocycles. The van der Waals surface area contributed by atoms with Crippen molar-refractivity contribution in [2.75, 3.05) is 13.2 Å². The Morgan fingerprint density at radius 2 is 1.90 bits per heavy atom. The van der Waals surface area contributed by atoms with Crippen LogP contribution in [0.15, 0.2) is 54.6 Å². The van der Waals surface area contributed by atoms with Crippen LogP contribution in [0.25, 0.3) is 0 Å². The molecule has 0 radical (unpaired) electrons. The van der Waals surface area contributed by atoms with Crippen molar-refractivity contribution in [3.63, 3.8) is 0 Å². The summed E-state index contributed by atoms with van der Waals surface area (Å²) in [6.45, 7) is 5.79. The lowest BCUT2D eigenvalue weighted by molar-refractivity contribution is -0.132. The summed E-state index contributed by atoms with van der Waals surface area (Å²) >= 11 is 0. The molecule has 0 aliphatic carbocycles. The van der Waals surface area contributed by atoms with Gasteiger partial charge in [0.25, 0.3) is 5.91 Å². The van der Waals surface area contributed by atoms with E-state index in [1.54, 1.807) is 15.6 Å². The number of rotatable bonds is 5. The maximum atomic E-state index is 12.9. The number of carbonyl (C=O) groups is 2. The van der Waals surface area contributed by atoms with Gasteiger partial charge in [0.15, 0.2) is 0 Å². The largest absolute Gasteiger partial charge is 0.491 e. The first-order chi connectivity index (χ1) is 15.0. The van der Waals surface area contributed by atoms with Crippen molar-refractivity contribution in [3.8, 4) is 5.75 Å². The second-order valence-electron chi connectivity index (χ2n) is 7.74. The first-order valence-corrected chi connectivity index (χ1v) is 10.4. The summed E-state index contributed by atoms with van der Waals surface area (Å²) in [6.07, 6.45) is 0. The van der Waals surface area contributed by atoms with Gasteiger partial charge in [-0.2, -0.15) is 5.10 Å². The Morgan fingerprint density at radius 1 is 1.10 bits per heavy atom. The Hall–Kier alpha value is -3.61. The molecule has 1 aliphatic rings. The zero-order valence-corrected chi connectivity index (χ0v) is 17.8. The zero-order valence-electron chi connectivity index (χ0n) is 17.8. The predicted octanol–water partition coefficient (Wildman–Crippen LogP) is 2.85. The summed E-state index contributed by atoms with van der Waals surface area (Å²) in [7, 11) is 0. The average molecular weight is 418 g/mol. The van der Waals surface area contributed by atoms with Crippen LogP contribution in [0.3, 0.4) is 0 Å². The molecule has 0 saturated carbocycles. The van der Waals surface area contributed by atoms with Crippen LogP contribution in [0.2, 0.25) is 0 Å². The lowest BCUT2D eigenvalue weighted by atomic mass is 10.1. The normalized spacial score (nSPS) is 13.2. The third-order valence-electron chi connectivity index (χ3n) is 5.34. The first kappa shape index (κ1) is 20.7. The fourth-order valence-electron chi connectivity index (χ4n) is 3.69. The van der Waals surface area contributed by atoms with Crippen LogP contribution >= 0.6 is 0 Å². The highest BCUT2D eigenvalue weighted by Gasteiger charge is 2.22. The minimum Gasteiger partial charge on any atom is -0.491 e. The second-order valence-corrected chi connectivity index (χ2v) is 7.74. The summed E-state index contributed by atoms with van der Waals surface area (Å²) in [6, 6.07) is 17.1. The number of fused-ring (bicyclic) bond motifs is 1. The summed E-state index contributed by atoms with van der Waals surface area (Å²) in [4.78, 5) is 27.3. The van der Waals surface area contributed by atoms with Crippen molar-refractivity contribution in [1.82, 2.24) is 20.0 Å². The smallest absolute Gasteiger partial charge is 0.251 e. The molecule has 3 aromatic rings. The summed E-state index contributed by atoms with van der Waals surface area (Å²) in [5.41, 5.74) is 4.25. The quantitative estimate of drug-likeness (QED) is 0.691. The van der Waals surface area contributed by atoms with E-state index in [4.69, 9.17) is 4.74 Å². The third kappa shape index (κ3) is 4.94. The lowest BCUT2D eigenvalue weighted by Crippen LogP contribution is -2.35. The van der Waals surface area contributed by atoms with Crippen molar-refractivity contribution in [3.05, 3.63) is 82.7 Å². The SMILES string of the molecule is Cc1cc(C)n(CC(=O)N2CCOc3ccc(C(=O)NCc4ccccc4)cc3C2)n1. The van der Waals surface area contributed by atoms with E-state index in [-0.39, 0.29) is 18.4 Å². The van der Waals surface area contributed by atoms with Crippen molar-refractivity contribution in [1.29, 1.82) is 0 Å². The van der Waals surface area contributed by atoms with Crippen LogP contribution in [-0.4, -0.2) is 39.6 Å². The van der Waals surface area contributed by atoms with Crippen LogP contribution in [0.5, 0.6) is 5.75 Å². The maximum Gasteiger partial charge on any atom is 0.251 e. The van der Waals surface area contributed by atoms with Gasteiger partial charge in [0.05, 0.1) is 12.2 Å². The number of amides is 2. The van der Waals surface area contributed by atoms with Gasteiger partial charge in [-0.3, -0.25) is 14.3 Å². The Balaban J connectivity index is 1.45. The van der Waals surface area contributed by atoms with Gasteiger partial charge in [0.2, 0.25) is 5.91 Å². The molecule has 0 saturated heterocycles. The second kappa shape index (κ2) is 9.04. The average Bonchev–Trinajstić information content (AvgIpc) is 2.96. The van der Waals surface area contributed by atoms with Crippen molar-refractivity contribution < 1.29 is 14.3 Å². The molecule has 2 amide bonds. The van der Waals surface area contributed by atoms with Gasteiger partial charge in [-0.05, 0) is 43.7 Å². The van der Waals surface area contributed by atoms with Crippen LogP contribution in [0.4, 0.5) is 0 Å². The fraction of sp³-hybridized carbons (Fsp3) is 0.292. The third-order valence-corrected chi connectivity index (χ3v) is 5.34. The number of ether oxygens (including phenoxy) is 1. The molecule has 1 aromatic heterocycles. The molecular formula is C24H26N4O3. The van der Waals surface area contributed by atoms with Gasteiger partial charge in [0, 0.05) is 29.9 Å². The number of carbonyl (C=O) groups excluding carboxylic acids is 2. The van der Waals surface area contributed by atoms with E-state index in [1.807, 2.05) is 62.4 Å². The van der Waals surface area contributed by atoms with Crippen LogP contribution in [0, 0.1) is 13.8 Å². The standard InChI is InChI=1S/C24H26N4O3/c1-17-12-18(2)28(26-17)16-23(29)27-10-11-31-22-9-8-20(13-21(22)15-27)24(30)25-14-19-6-4-3-5-7-19/h3-9,12-13H,10-11,14-16H2,1-2H3,(H,25,30). The molecule has 0 atom stereocenters. The molecule has 0 spiro atoms. The molecule has 0 bridgehead atoms. The van der Waals surface area contributed by atoms with E-state index in [1.165, 1.54) is 0 Å². The van der Waals surface area contributed by atoms with E-state index in [0.717, 1.165) is 22.5 Å². The molecule has 2 heterocycles. The molecule has 7 heteroatoms. The lowest BCUT2D eigenvalue weighted by Gasteiger charge is -2.20. The molecule has 1 N–H and O–H groups in total. The van der Waals surface area contributed by atoms with E-state index in [0.29, 0.717) is 37.6 Å². The zero-order chi connectivity index (χ0) is 21.8. The van der Waals surface area contributed by atoms with Gasteiger partial charge in [-0.15, -0.1) is 0 Å². The van der Waals surface area contributed by atoms with Gasteiger partial charge in [0.1, 0.15) is 18.9 Å². The van der Waals surface area contributed by atoms with Crippen LogP contribution < -0.4 is 10.1 Å². The van der Waals surface area contributed by atoms with Gasteiger partial charge >= 0.3 is 0 Å². The Kier molecular flexibility index (Phi) is 6.02. The highest BCUT2D eigenvalue weighted by molar-refractivity contribution is 5.94. The molecule has 2 aromatic carbocycles. The van der Waals surface area contributed by atoms with E-state index in [2.05, 4.69) is 10.4 Å². The number of aromatic nitrogens is 2. The van der Waals surface area contributed by atoms with Crippen molar-refractivity contribution in [2.45, 2.75) is 33.5 Å². The molecule has 0 unspecified atom stereocenters. The van der Waals surface area contributed by atoms with E-state index < -0.39 is 0 Å². The molecule has 0 fully saturated rings. The highest BCUT2D eigenvalue weighted by atomic mass is 16.5. The summed E-state index contributed by atoms with van der Waals surface area (Å²) in [5.74, 6) is 0.527. The minimum absolute atomic E-state index is 0.0263. The number of hydrogen-bond donors (Lipinski definition) is 1. The molecular weight excluding hydrogens is 392 g/mol. The van der Waals surface area contributed by atoms with Crippen LogP contribution in [-0.2, 0) is 24.4 Å². The molecule has 4 rings (SSSR count). The number of benzene rings is 2. The van der Waals surface area contributed by atoms with E-state index in [9.17, 15) is 9.59 Å². The van der Waals surface area contributed by atoms with E-state index >= 15 is 0 Å². The minimum atomic E-state index is -0.156. The topological polar surface area (TPSA) is 76.5 Å². The highest BCUT2D eigenvalue weighted by Crippen LogP contribution is 2.25. The number of nitrogens with zero attached hydrogens (tertiary/aromatic N) is 3.